The number of aromatic nitrogens is 2. The molecule has 1 atom stereocenters. The number of ketones is 1. The lowest BCUT2D eigenvalue weighted by molar-refractivity contribution is -0.117. The largest absolute Gasteiger partial charge is 0.393 e. The molecule has 0 spiro atoms. The quantitative estimate of drug-likeness (QED) is 0.612. The first kappa shape index (κ1) is 14.9. The molecule has 1 amide bonds. The van der Waals surface area contributed by atoms with Crippen LogP contribution in [0.4, 0.5) is 0 Å². The summed E-state index contributed by atoms with van der Waals surface area (Å²) in [5.74, 6) is -1.33. The van der Waals surface area contributed by atoms with Crippen LogP contribution in [0.25, 0.3) is 5.69 Å². The van der Waals surface area contributed by atoms with Gasteiger partial charge in [-0.15, -0.1) is 0 Å². The van der Waals surface area contributed by atoms with Crippen LogP contribution in [0, 0.1) is 0 Å². The summed E-state index contributed by atoms with van der Waals surface area (Å²) in [4.78, 5) is 23.6. The van der Waals surface area contributed by atoms with Crippen molar-refractivity contribution in [3.63, 3.8) is 0 Å². The Morgan fingerprint density at radius 2 is 2.05 bits per heavy atom. The van der Waals surface area contributed by atoms with E-state index in [1.807, 2.05) is 30.3 Å². The summed E-state index contributed by atoms with van der Waals surface area (Å²) in [5, 5.41) is 15.7. The van der Waals surface area contributed by atoms with Gasteiger partial charge in [0.1, 0.15) is 0 Å². The fourth-order valence-corrected chi connectivity index (χ4v) is 1.77. The van der Waals surface area contributed by atoms with Gasteiger partial charge in [-0.2, -0.15) is 5.10 Å². The highest BCUT2D eigenvalue weighted by molar-refractivity contribution is 6.42. The zero-order valence-corrected chi connectivity index (χ0v) is 11.7. The third kappa shape index (κ3) is 4.00. The number of benzene rings is 1. The SMILES string of the molecule is CC(O)CCNC(=O)C(=O)c1cnn(-c2ccccc2)c1. The molecule has 0 saturated carbocycles. The number of hydrogen-bond acceptors (Lipinski definition) is 4. The van der Waals surface area contributed by atoms with Crippen LogP contribution < -0.4 is 5.32 Å². The minimum absolute atomic E-state index is 0.230. The maximum Gasteiger partial charge on any atom is 0.292 e. The molecule has 110 valence electrons. The van der Waals surface area contributed by atoms with Crippen molar-refractivity contribution in [1.29, 1.82) is 0 Å². The minimum Gasteiger partial charge on any atom is -0.393 e. The van der Waals surface area contributed by atoms with Crippen LogP contribution in [-0.2, 0) is 4.79 Å². The van der Waals surface area contributed by atoms with Gasteiger partial charge in [0, 0.05) is 12.7 Å². The number of hydrogen-bond donors (Lipinski definition) is 2. The van der Waals surface area contributed by atoms with Gasteiger partial charge in [-0.3, -0.25) is 9.59 Å². The average molecular weight is 287 g/mol. The number of aliphatic hydroxyl groups is 1. The maximum absolute atomic E-state index is 11.9. The highest BCUT2D eigenvalue weighted by Crippen LogP contribution is 2.08. The molecule has 1 heterocycles. The van der Waals surface area contributed by atoms with Crippen molar-refractivity contribution >= 4 is 11.7 Å². The summed E-state index contributed by atoms with van der Waals surface area (Å²) >= 11 is 0. The highest BCUT2D eigenvalue weighted by atomic mass is 16.3. The van der Waals surface area contributed by atoms with Crippen LogP contribution in [0.3, 0.4) is 0 Å². The second-order valence-electron chi connectivity index (χ2n) is 4.73. The van der Waals surface area contributed by atoms with Crippen molar-refractivity contribution < 1.29 is 14.7 Å². The van der Waals surface area contributed by atoms with E-state index in [9.17, 15) is 9.59 Å². The highest BCUT2D eigenvalue weighted by Gasteiger charge is 2.18. The standard InChI is InChI=1S/C15H17N3O3/c1-11(19)7-8-16-15(21)14(20)12-9-17-18(10-12)13-5-3-2-4-6-13/h2-6,9-11,19H,7-8H2,1H3,(H,16,21). The number of rotatable bonds is 6. The zero-order valence-electron chi connectivity index (χ0n) is 11.7. The van der Waals surface area contributed by atoms with Crippen LogP contribution in [-0.4, -0.2) is 39.2 Å². The van der Waals surface area contributed by atoms with E-state index in [4.69, 9.17) is 5.11 Å². The van der Waals surface area contributed by atoms with Gasteiger partial charge in [-0.1, -0.05) is 18.2 Å². The van der Waals surface area contributed by atoms with Crippen LogP contribution in [0.15, 0.2) is 42.7 Å². The summed E-state index contributed by atoms with van der Waals surface area (Å²) in [6.45, 7) is 1.88. The Kier molecular flexibility index (Phi) is 4.84. The molecule has 6 nitrogen and oxygen atoms in total. The lowest BCUT2D eigenvalue weighted by Crippen LogP contribution is -2.32. The Hall–Kier alpha value is -2.47. The molecule has 2 rings (SSSR count). The van der Waals surface area contributed by atoms with Crippen molar-refractivity contribution in [3.05, 3.63) is 48.3 Å². The van der Waals surface area contributed by atoms with Gasteiger partial charge in [0.25, 0.3) is 11.7 Å². The van der Waals surface area contributed by atoms with Crippen molar-refractivity contribution in [2.75, 3.05) is 6.54 Å². The molecule has 1 aromatic heterocycles. The van der Waals surface area contributed by atoms with E-state index in [0.29, 0.717) is 6.42 Å². The number of carbonyl (C=O) groups excluding carboxylic acids is 2. The molecule has 1 aromatic carbocycles. The molecule has 0 aliphatic heterocycles. The van der Waals surface area contributed by atoms with E-state index in [-0.39, 0.29) is 12.1 Å². The molecule has 0 aliphatic rings. The fraction of sp³-hybridized carbons (Fsp3) is 0.267. The van der Waals surface area contributed by atoms with E-state index in [2.05, 4.69) is 10.4 Å². The molecule has 0 radical (unpaired) electrons. The molecule has 21 heavy (non-hydrogen) atoms. The van der Waals surface area contributed by atoms with Gasteiger partial charge < -0.3 is 10.4 Å². The minimum atomic E-state index is -0.691. The average Bonchev–Trinajstić information content (AvgIpc) is 2.96. The van der Waals surface area contributed by atoms with Gasteiger partial charge in [0.05, 0.1) is 23.6 Å². The first-order chi connectivity index (χ1) is 10.1. The monoisotopic (exact) mass is 287 g/mol. The zero-order chi connectivity index (χ0) is 15.2. The van der Waals surface area contributed by atoms with Crippen molar-refractivity contribution in [1.82, 2.24) is 15.1 Å². The second kappa shape index (κ2) is 6.81. The molecule has 2 N–H and O–H groups in total. The van der Waals surface area contributed by atoms with E-state index in [1.54, 1.807) is 6.92 Å². The molecular formula is C15H17N3O3. The molecule has 2 aromatic rings. The first-order valence-electron chi connectivity index (χ1n) is 6.68. The Morgan fingerprint density at radius 1 is 1.33 bits per heavy atom. The van der Waals surface area contributed by atoms with Crippen molar-refractivity contribution in [3.8, 4) is 5.69 Å². The summed E-state index contributed by atoms with van der Waals surface area (Å²) in [6, 6.07) is 9.31. The molecule has 0 aliphatic carbocycles. The van der Waals surface area contributed by atoms with E-state index in [1.165, 1.54) is 17.1 Å². The molecule has 0 bridgehead atoms. The predicted octanol–water partition coefficient (Wildman–Crippen LogP) is 0.942. The Labute approximate surface area is 122 Å². The summed E-state index contributed by atoms with van der Waals surface area (Å²) in [7, 11) is 0. The molecular weight excluding hydrogens is 270 g/mol. The van der Waals surface area contributed by atoms with Crippen molar-refractivity contribution in [2.45, 2.75) is 19.4 Å². The normalized spacial score (nSPS) is 11.9. The summed E-state index contributed by atoms with van der Waals surface area (Å²) < 4.78 is 1.54. The maximum atomic E-state index is 11.9. The van der Waals surface area contributed by atoms with E-state index >= 15 is 0 Å². The second-order valence-corrected chi connectivity index (χ2v) is 4.73. The van der Waals surface area contributed by atoms with Crippen LogP contribution >= 0.6 is 0 Å². The van der Waals surface area contributed by atoms with Gasteiger partial charge in [0.2, 0.25) is 0 Å². The molecule has 0 saturated heterocycles. The molecule has 1 unspecified atom stereocenters. The van der Waals surface area contributed by atoms with Gasteiger partial charge >= 0.3 is 0 Å². The number of carbonyl (C=O) groups is 2. The van der Waals surface area contributed by atoms with Crippen LogP contribution in [0.5, 0.6) is 0 Å². The van der Waals surface area contributed by atoms with E-state index in [0.717, 1.165) is 5.69 Å². The molecule has 6 heteroatoms. The summed E-state index contributed by atoms with van der Waals surface area (Å²) in [6.07, 6.45) is 2.78. The Balaban J connectivity index is 2.00. The lowest BCUT2D eigenvalue weighted by atomic mass is 10.2. The predicted molar refractivity (Wildman–Crippen MR) is 77.2 cm³/mol. The van der Waals surface area contributed by atoms with Crippen LogP contribution in [0.2, 0.25) is 0 Å². The van der Waals surface area contributed by atoms with E-state index < -0.39 is 17.8 Å². The smallest absolute Gasteiger partial charge is 0.292 e. The third-order valence-corrected chi connectivity index (χ3v) is 2.92. The van der Waals surface area contributed by atoms with Crippen molar-refractivity contribution in [2.24, 2.45) is 0 Å². The van der Waals surface area contributed by atoms with Gasteiger partial charge in [0.15, 0.2) is 0 Å². The first-order valence-corrected chi connectivity index (χ1v) is 6.68. The topological polar surface area (TPSA) is 84.2 Å². The Bertz CT molecular complexity index is 620. The number of aliphatic hydroxyl groups excluding tert-OH is 1. The summed E-state index contributed by atoms with van der Waals surface area (Å²) in [5.41, 5.74) is 1.04. The van der Waals surface area contributed by atoms with Crippen LogP contribution in [0.1, 0.15) is 23.7 Å². The third-order valence-electron chi connectivity index (χ3n) is 2.92. The number of amides is 1. The van der Waals surface area contributed by atoms with Gasteiger partial charge in [-0.25, -0.2) is 4.68 Å². The number of nitrogens with one attached hydrogen (secondary N) is 1. The molecule has 0 fully saturated rings. The van der Waals surface area contributed by atoms with Gasteiger partial charge in [-0.05, 0) is 25.5 Å². The number of Topliss-reactive ketones (excluding diaryl/α,β-unsaturated/α-hetero) is 1. The number of para-hydroxylation sites is 1. The fourth-order valence-electron chi connectivity index (χ4n) is 1.77. The number of nitrogens with zero attached hydrogens (tertiary/aromatic N) is 2. The lowest BCUT2D eigenvalue weighted by Gasteiger charge is -2.05. The Morgan fingerprint density at radius 3 is 2.71 bits per heavy atom.